The second-order valence-electron chi connectivity index (χ2n) is 6.50. The minimum Gasteiger partial charge on any atom is -0.0622 e. The second-order valence-corrected chi connectivity index (χ2v) is 6.50. The number of rotatable bonds is 4. The normalized spacial score (nSPS) is 16.0. The van der Waals surface area contributed by atoms with Crippen molar-refractivity contribution in [2.75, 3.05) is 0 Å². The van der Waals surface area contributed by atoms with E-state index in [1.807, 2.05) is 0 Å². The molecule has 1 fully saturated rings. The second kappa shape index (κ2) is 6.93. The summed E-state index contributed by atoms with van der Waals surface area (Å²) in [6, 6.07) is 17.6. The van der Waals surface area contributed by atoms with Gasteiger partial charge in [0.15, 0.2) is 0 Å². The van der Waals surface area contributed by atoms with Crippen LogP contribution in [0, 0.1) is 12.8 Å². The molecule has 0 bridgehead atoms. The van der Waals surface area contributed by atoms with Crippen molar-refractivity contribution >= 4 is 0 Å². The van der Waals surface area contributed by atoms with E-state index >= 15 is 0 Å². The molecule has 21 heavy (non-hydrogen) atoms. The summed E-state index contributed by atoms with van der Waals surface area (Å²) in [5.41, 5.74) is 5.76. The fourth-order valence-corrected chi connectivity index (χ4v) is 3.72. The van der Waals surface area contributed by atoms with Crippen LogP contribution in [0.3, 0.4) is 0 Å². The van der Waals surface area contributed by atoms with Gasteiger partial charge in [-0.15, -0.1) is 0 Å². The van der Waals surface area contributed by atoms with E-state index in [1.165, 1.54) is 61.6 Å². The van der Waals surface area contributed by atoms with E-state index < -0.39 is 0 Å². The first-order valence-electron chi connectivity index (χ1n) is 8.48. The molecule has 3 rings (SSSR count). The topological polar surface area (TPSA) is 0 Å². The van der Waals surface area contributed by atoms with Gasteiger partial charge in [0.25, 0.3) is 0 Å². The number of aryl methyl sites for hydroxylation is 1. The molecule has 0 amide bonds. The summed E-state index contributed by atoms with van der Waals surface area (Å²) in [7, 11) is 0. The van der Waals surface area contributed by atoms with E-state index in [9.17, 15) is 0 Å². The van der Waals surface area contributed by atoms with Crippen LogP contribution in [0.2, 0.25) is 0 Å². The largest absolute Gasteiger partial charge is 0.0622 e. The smallest absolute Gasteiger partial charge is 0.0152 e. The molecule has 0 nitrogen and oxygen atoms in total. The van der Waals surface area contributed by atoms with E-state index in [0.29, 0.717) is 0 Å². The number of hydrogen-bond donors (Lipinski definition) is 0. The summed E-state index contributed by atoms with van der Waals surface area (Å²) in [6.45, 7) is 2.29. The molecule has 1 aliphatic rings. The summed E-state index contributed by atoms with van der Waals surface area (Å²) < 4.78 is 0. The van der Waals surface area contributed by atoms with Crippen molar-refractivity contribution in [1.29, 1.82) is 0 Å². The standard InChI is InChI=1S/C21H26/c1-17-19(16-15-18-9-4-2-5-10-18)13-8-14-21(17)20-11-6-3-7-12-20/h3,6-8,11-14,18H,2,4-5,9-10,15-16H2,1H3. The van der Waals surface area contributed by atoms with Gasteiger partial charge in [-0.25, -0.2) is 0 Å². The lowest BCUT2D eigenvalue weighted by Gasteiger charge is -2.22. The SMILES string of the molecule is Cc1c(CCC2CCCCC2)cccc1-c1ccccc1. The molecule has 1 saturated carbocycles. The number of hydrogen-bond acceptors (Lipinski definition) is 0. The van der Waals surface area contributed by atoms with Crippen LogP contribution >= 0.6 is 0 Å². The first-order valence-corrected chi connectivity index (χ1v) is 8.48. The van der Waals surface area contributed by atoms with Crippen molar-refractivity contribution in [1.82, 2.24) is 0 Å². The third-order valence-electron chi connectivity index (χ3n) is 5.08. The van der Waals surface area contributed by atoms with Gasteiger partial charge in [-0.1, -0.05) is 80.6 Å². The molecule has 0 N–H and O–H groups in total. The average Bonchev–Trinajstić information content (AvgIpc) is 2.56. The van der Waals surface area contributed by atoms with E-state index in [0.717, 1.165) is 5.92 Å². The lowest BCUT2D eigenvalue weighted by atomic mass is 9.84. The highest BCUT2D eigenvalue weighted by Gasteiger charge is 2.14. The van der Waals surface area contributed by atoms with Gasteiger partial charge in [0.05, 0.1) is 0 Å². The lowest BCUT2D eigenvalue weighted by molar-refractivity contribution is 0.339. The fourth-order valence-electron chi connectivity index (χ4n) is 3.72. The molecule has 110 valence electrons. The Bertz CT molecular complexity index is 562. The molecule has 0 radical (unpaired) electrons. The van der Waals surface area contributed by atoms with Crippen molar-refractivity contribution in [3.05, 3.63) is 59.7 Å². The maximum atomic E-state index is 2.32. The Balaban J connectivity index is 1.74. The van der Waals surface area contributed by atoms with Gasteiger partial charge in [-0.3, -0.25) is 0 Å². The molecule has 2 aromatic rings. The molecule has 0 heteroatoms. The van der Waals surface area contributed by atoms with E-state index in [1.54, 1.807) is 5.56 Å². The molecule has 0 aromatic heterocycles. The zero-order chi connectivity index (χ0) is 14.5. The quantitative estimate of drug-likeness (QED) is 0.627. The maximum Gasteiger partial charge on any atom is -0.0152 e. The van der Waals surface area contributed by atoms with Crippen molar-refractivity contribution in [2.45, 2.75) is 51.9 Å². The van der Waals surface area contributed by atoms with Crippen molar-refractivity contribution in [3.8, 4) is 11.1 Å². The Morgan fingerprint density at radius 1 is 0.857 bits per heavy atom. The first kappa shape index (κ1) is 14.4. The van der Waals surface area contributed by atoms with E-state index in [-0.39, 0.29) is 0 Å². The summed E-state index contributed by atoms with van der Waals surface area (Å²) >= 11 is 0. The zero-order valence-corrected chi connectivity index (χ0v) is 13.1. The zero-order valence-electron chi connectivity index (χ0n) is 13.1. The lowest BCUT2D eigenvalue weighted by Crippen LogP contribution is -2.07. The third kappa shape index (κ3) is 3.56. The summed E-state index contributed by atoms with van der Waals surface area (Å²) in [5.74, 6) is 0.971. The van der Waals surface area contributed by atoms with E-state index in [2.05, 4.69) is 55.5 Å². The minimum absolute atomic E-state index is 0.971. The van der Waals surface area contributed by atoms with Crippen LogP contribution in [0.1, 0.15) is 49.7 Å². The van der Waals surface area contributed by atoms with Crippen molar-refractivity contribution < 1.29 is 0 Å². The molecule has 2 aromatic carbocycles. The van der Waals surface area contributed by atoms with Gasteiger partial charge < -0.3 is 0 Å². The highest BCUT2D eigenvalue weighted by atomic mass is 14.2. The van der Waals surface area contributed by atoms with Crippen LogP contribution in [0.4, 0.5) is 0 Å². The predicted octanol–water partition coefficient (Wildman–Crippen LogP) is 6.17. The minimum atomic E-state index is 0.971. The van der Waals surface area contributed by atoms with Gasteiger partial charge in [0.1, 0.15) is 0 Å². The van der Waals surface area contributed by atoms with Crippen LogP contribution < -0.4 is 0 Å². The Labute approximate surface area is 129 Å². The van der Waals surface area contributed by atoms with Crippen LogP contribution in [0.25, 0.3) is 11.1 Å². The van der Waals surface area contributed by atoms with E-state index in [4.69, 9.17) is 0 Å². The molecular formula is C21H26. The predicted molar refractivity (Wildman–Crippen MR) is 91.5 cm³/mol. The van der Waals surface area contributed by atoms with Crippen molar-refractivity contribution in [3.63, 3.8) is 0 Å². The Morgan fingerprint density at radius 2 is 1.62 bits per heavy atom. The van der Waals surface area contributed by atoms with Crippen LogP contribution in [0.5, 0.6) is 0 Å². The van der Waals surface area contributed by atoms with Crippen LogP contribution in [-0.2, 0) is 6.42 Å². The highest BCUT2D eigenvalue weighted by molar-refractivity contribution is 5.68. The molecule has 0 aliphatic heterocycles. The van der Waals surface area contributed by atoms with Crippen LogP contribution in [-0.4, -0.2) is 0 Å². The number of benzene rings is 2. The summed E-state index contributed by atoms with van der Waals surface area (Å²) in [6.07, 6.45) is 9.89. The fraction of sp³-hybridized carbons (Fsp3) is 0.429. The molecule has 0 heterocycles. The van der Waals surface area contributed by atoms with Gasteiger partial charge in [0, 0.05) is 0 Å². The monoisotopic (exact) mass is 278 g/mol. The third-order valence-corrected chi connectivity index (χ3v) is 5.08. The average molecular weight is 278 g/mol. The van der Waals surface area contributed by atoms with Crippen LogP contribution in [0.15, 0.2) is 48.5 Å². The molecule has 0 atom stereocenters. The molecule has 1 aliphatic carbocycles. The maximum absolute atomic E-state index is 2.32. The molecule has 0 spiro atoms. The van der Waals surface area contributed by atoms with Gasteiger partial charge >= 0.3 is 0 Å². The Kier molecular flexibility index (Phi) is 4.75. The summed E-state index contributed by atoms with van der Waals surface area (Å²) in [4.78, 5) is 0. The molecule has 0 unspecified atom stereocenters. The Morgan fingerprint density at radius 3 is 2.38 bits per heavy atom. The first-order chi connectivity index (χ1) is 10.3. The molecular weight excluding hydrogens is 252 g/mol. The highest BCUT2D eigenvalue weighted by Crippen LogP contribution is 2.30. The van der Waals surface area contributed by atoms with Gasteiger partial charge in [-0.05, 0) is 47.9 Å². The van der Waals surface area contributed by atoms with Gasteiger partial charge in [-0.2, -0.15) is 0 Å². The Hall–Kier alpha value is -1.56. The van der Waals surface area contributed by atoms with Crippen molar-refractivity contribution in [2.24, 2.45) is 5.92 Å². The molecule has 0 saturated heterocycles. The summed E-state index contributed by atoms with van der Waals surface area (Å²) in [5, 5.41) is 0. The van der Waals surface area contributed by atoms with Gasteiger partial charge in [0.2, 0.25) is 0 Å².